The zero-order valence-corrected chi connectivity index (χ0v) is 10.6. The summed E-state index contributed by atoms with van der Waals surface area (Å²) in [6.07, 6.45) is 1.96. The van der Waals surface area contributed by atoms with Crippen molar-refractivity contribution in [2.24, 2.45) is 7.05 Å². The number of aryl methyl sites for hydroxylation is 2. The third kappa shape index (κ3) is 3.13. The Hall–Kier alpha value is -1.24. The van der Waals surface area contributed by atoms with Crippen molar-refractivity contribution in [3.8, 4) is 0 Å². The van der Waals surface area contributed by atoms with Crippen molar-refractivity contribution in [1.82, 2.24) is 9.78 Å². The summed E-state index contributed by atoms with van der Waals surface area (Å²) < 4.78 is 23.6. The molecule has 0 aliphatic carbocycles. The highest BCUT2D eigenvalue weighted by Gasteiger charge is 2.11. The average Bonchev–Trinajstić information content (AvgIpc) is 2.42. The minimum absolute atomic E-state index is 0.0824. The molecule has 1 rings (SSSR count). The maximum absolute atomic E-state index is 11.0. The van der Waals surface area contributed by atoms with E-state index in [4.69, 9.17) is 5.73 Å². The van der Waals surface area contributed by atoms with Gasteiger partial charge in [-0.15, -0.1) is 0 Å². The highest BCUT2D eigenvalue weighted by Crippen LogP contribution is 2.21. The van der Waals surface area contributed by atoms with Crippen molar-refractivity contribution < 1.29 is 8.42 Å². The Kier molecular flexibility index (Phi) is 3.79. The van der Waals surface area contributed by atoms with E-state index in [1.807, 2.05) is 6.92 Å². The van der Waals surface area contributed by atoms with Crippen molar-refractivity contribution in [1.29, 1.82) is 0 Å². The van der Waals surface area contributed by atoms with Crippen molar-refractivity contribution in [2.75, 3.05) is 29.6 Å². The fraction of sp³-hybridized carbons (Fsp3) is 0.667. The van der Waals surface area contributed by atoms with Gasteiger partial charge in [-0.05, 0) is 6.42 Å². The summed E-state index contributed by atoms with van der Waals surface area (Å²) in [6.45, 7) is 2.31. The van der Waals surface area contributed by atoms with Gasteiger partial charge in [0.05, 0.1) is 17.1 Å². The second-order valence-electron chi connectivity index (χ2n) is 3.74. The van der Waals surface area contributed by atoms with Gasteiger partial charge in [0, 0.05) is 19.8 Å². The molecule has 0 aliphatic rings. The van der Waals surface area contributed by atoms with Gasteiger partial charge in [0.15, 0.2) is 0 Å². The zero-order valence-electron chi connectivity index (χ0n) is 9.82. The highest BCUT2D eigenvalue weighted by atomic mass is 32.2. The lowest BCUT2D eigenvalue weighted by atomic mass is 10.3. The van der Waals surface area contributed by atoms with Crippen LogP contribution in [0.2, 0.25) is 0 Å². The number of nitrogens with two attached hydrogens (primary N) is 1. The van der Waals surface area contributed by atoms with Crippen LogP contribution in [0.5, 0.6) is 0 Å². The van der Waals surface area contributed by atoms with Gasteiger partial charge in [0.25, 0.3) is 0 Å². The number of hydrogen-bond acceptors (Lipinski definition) is 5. The molecule has 0 saturated carbocycles. The largest absolute Gasteiger partial charge is 0.394 e. The Labute approximate surface area is 95.7 Å². The molecule has 0 radical (unpaired) electrons. The molecule has 0 fully saturated rings. The minimum Gasteiger partial charge on any atom is -0.394 e. The number of nitrogens with zero attached hydrogens (tertiary/aromatic N) is 2. The summed E-state index contributed by atoms with van der Waals surface area (Å²) in [6, 6.07) is 0. The molecule has 0 amide bonds. The molecule has 3 N–H and O–H groups in total. The van der Waals surface area contributed by atoms with Gasteiger partial charge in [-0.3, -0.25) is 4.68 Å². The predicted octanol–water partition coefficient (Wildman–Crippen LogP) is 0.0212. The first-order chi connectivity index (χ1) is 7.35. The molecule has 0 atom stereocenters. The van der Waals surface area contributed by atoms with Crippen molar-refractivity contribution in [2.45, 2.75) is 13.3 Å². The summed E-state index contributed by atoms with van der Waals surface area (Å²) in [4.78, 5) is 0. The van der Waals surface area contributed by atoms with Gasteiger partial charge in [0.2, 0.25) is 0 Å². The molecule has 0 aromatic carbocycles. The number of nitrogens with one attached hydrogen (secondary N) is 1. The number of rotatable bonds is 5. The summed E-state index contributed by atoms with van der Waals surface area (Å²) in [5.41, 5.74) is 7.29. The van der Waals surface area contributed by atoms with Crippen LogP contribution in [-0.4, -0.2) is 36.8 Å². The summed E-state index contributed by atoms with van der Waals surface area (Å²) in [7, 11) is -1.18. The first kappa shape index (κ1) is 12.8. The van der Waals surface area contributed by atoms with Crippen molar-refractivity contribution in [3.63, 3.8) is 0 Å². The number of hydrogen-bond donors (Lipinski definition) is 2. The quantitative estimate of drug-likeness (QED) is 0.764. The van der Waals surface area contributed by atoms with Gasteiger partial charge in [-0.25, -0.2) is 8.42 Å². The molecule has 0 spiro atoms. The third-order valence-corrected chi connectivity index (χ3v) is 3.21. The number of anilines is 2. The van der Waals surface area contributed by atoms with E-state index >= 15 is 0 Å². The van der Waals surface area contributed by atoms with E-state index in [9.17, 15) is 8.42 Å². The molecule has 1 aromatic rings. The monoisotopic (exact) mass is 246 g/mol. The van der Waals surface area contributed by atoms with Crippen LogP contribution in [0, 0.1) is 0 Å². The lowest BCUT2D eigenvalue weighted by Gasteiger charge is -2.06. The van der Waals surface area contributed by atoms with Crippen LogP contribution in [0.25, 0.3) is 0 Å². The maximum atomic E-state index is 11.0. The van der Waals surface area contributed by atoms with E-state index < -0.39 is 9.84 Å². The minimum atomic E-state index is -2.95. The Morgan fingerprint density at radius 2 is 2.12 bits per heavy atom. The molecule has 7 heteroatoms. The fourth-order valence-electron chi connectivity index (χ4n) is 1.42. The summed E-state index contributed by atoms with van der Waals surface area (Å²) >= 11 is 0. The van der Waals surface area contributed by atoms with E-state index in [2.05, 4.69) is 10.4 Å². The molecule has 1 heterocycles. The SMILES string of the molecule is CCc1nn(C)c(NCCS(C)(=O)=O)c1N. The number of nitrogen functional groups attached to an aromatic ring is 1. The lowest BCUT2D eigenvalue weighted by molar-refractivity contribution is 0.602. The smallest absolute Gasteiger partial charge is 0.149 e. The van der Waals surface area contributed by atoms with Crippen LogP contribution >= 0.6 is 0 Å². The van der Waals surface area contributed by atoms with Crippen molar-refractivity contribution >= 4 is 21.3 Å². The second kappa shape index (κ2) is 4.73. The van der Waals surface area contributed by atoms with E-state index in [0.29, 0.717) is 18.1 Å². The van der Waals surface area contributed by atoms with E-state index in [-0.39, 0.29) is 5.75 Å². The fourth-order valence-corrected chi connectivity index (χ4v) is 1.89. The Morgan fingerprint density at radius 1 is 1.50 bits per heavy atom. The molecule has 0 unspecified atom stereocenters. The summed E-state index contributed by atoms with van der Waals surface area (Å²) in [5, 5.41) is 7.21. The Balaban J connectivity index is 2.71. The van der Waals surface area contributed by atoms with Crippen LogP contribution in [0.15, 0.2) is 0 Å². The molecular formula is C9H18N4O2S. The highest BCUT2D eigenvalue weighted by molar-refractivity contribution is 7.90. The molecule has 0 aliphatic heterocycles. The number of sulfone groups is 1. The number of aromatic nitrogens is 2. The predicted molar refractivity (Wildman–Crippen MR) is 65.2 cm³/mol. The molecule has 1 aromatic heterocycles. The lowest BCUT2D eigenvalue weighted by Crippen LogP contribution is -2.16. The van der Waals surface area contributed by atoms with Crippen LogP contribution < -0.4 is 11.1 Å². The van der Waals surface area contributed by atoms with Crippen molar-refractivity contribution in [3.05, 3.63) is 5.69 Å². The van der Waals surface area contributed by atoms with Gasteiger partial charge < -0.3 is 11.1 Å². The topological polar surface area (TPSA) is 90.0 Å². The molecule has 16 heavy (non-hydrogen) atoms. The standard InChI is InChI=1S/C9H18N4O2S/c1-4-7-8(10)9(13(2)12-7)11-5-6-16(3,14)15/h11H,4-6,10H2,1-3H3. The first-order valence-electron chi connectivity index (χ1n) is 5.08. The van der Waals surface area contributed by atoms with E-state index in [0.717, 1.165) is 12.1 Å². The van der Waals surface area contributed by atoms with Gasteiger partial charge >= 0.3 is 0 Å². The molecule has 6 nitrogen and oxygen atoms in total. The molecule has 92 valence electrons. The maximum Gasteiger partial charge on any atom is 0.149 e. The normalized spacial score (nSPS) is 11.7. The Morgan fingerprint density at radius 3 is 2.56 bits per heavy atom. The van der Waals surface area contributed by atoms with Crippen LogP contribution in [-0.2, 0) is 23.3 Å². The first-order valence-corrected chi connectivity index (χ1v) is 7.14. The van der Waals surface area contributed by atoms with Crippen LogP contribution in [0.3, 0.4) is 0 Å². The van der Waals surface area contributed by atoms with Gasteiger partial charge in [-0.2, -0.15) is 5.10 Å². The third-order valence-electron chi connectivity index (χ3n) is 2.26. The Bertz CT molecular complexity index is 464. The molecular weight excluding hydrogens is 228 g/mol. The van der Waals surface area contributed by atoms with Crippen LogP contribution in [0.1, 0.15) is 12.6 Å². The van der Waals surface area contributed by atoms with E-state index in [1.54, 1.807) is 11.7 Å². The van der Waals surface area contributed by atoms with Gasteiger partial charge in [0.1, 0.15) is 15.7 Å². The zero-order chi connectivity index (χ0) is 12.3. The van der Waals surface area contributed by atoms with Crippen LogP contribution in [0.4, 0.5) is 11.5 Å². The second-order valence-corrected chi connectivity index (χ2v) is 6.00. The van der Waals surface area contributed by atoms with E-state index in [1.165, 1.54) is 6.26 Å². The average molecular weight is 246 g/mol. The molecule has 0 saturated heterocycles. The van der Waals surface area contributed by atoms with Gasteiger partial charge in [-0.1, -0.05) is 6.92 Å². The molecule has 0 bridgehead atoms. The summed E-state index contributed by atoms with van der Waals surface area (Å²) in [5.74, 6) is 0.763.